The average molecular weight is 315 g/mol. The molecule has 1 aromatic rings. The summed E-state index contributed by atoms with van der Waals surface area (Å²) in [4.78, 5) is 23.5. The highest BCUT2D eigenvalue weighted by Gasteiger charge is 2.31. The molecule has 7 heteroatoms. The Hall–Kier alpha value is -2.05. The Morgan fingerprint density at radius 3 is 2.27 bits per heavy atom. The fourth-order valence-corrected chi connectivity index (χ4v) is 1.95. The predicted molar refractivity (Wildman–Crippen MR) is 73.0 cm³/mol. The molecule has 0 saturated heterocycles. The van der Waals surface area contributed by atoms with Gasteiger partial charge in [0.05, 0.1) is 11.5 Å². The Balaban J connectivity index is 1.89. The van der Waals surface area contributed by atoms with Crippen molar-refractivity contribution < 1.29 is 27.5 Å². The van der Waals surface area contributed by atoms with Crippen LogP contribution in [-0.4, -0.2) is 18.0 Å². The number of ether oxygens (including phenoxy) is 1. The third kappa shape index (κ3) is 3.99. The summed E-state index contributed by atoms with van der Waals surface area (Å²) in [5, 5.41) is 2.42. The molecule has 120 valence electrons. The van der Waals surface area contributed by atoms with Crippen LogP contribution in [0.25, 0.3) is 0 Å². The van der Waals surface area contributed by atoms with Crippen LogP contribution in [0.15, 0.2) is 24.3 Å². The van der Waals surface area contributed by atoms with E-state index in [0.717, 1.165) is 43.5 Å². The predicted octanol–water partition coefficient (Wildman–Crippen LogP) is 3.38. The fourth-order valence-electron chi connectivity index (χ4n) is 1.95. The van der Waals surface area contributed by atoms with Crippen molar-refractivity contribution in [3.05, 3.63) is 29.8 Å². The molecule has 0 radical (unpaired) electrons. The van der Waals surface area contributed by atoms with Crippen LogP contribution in [0.3, 0.4) is 0 Å². The van der Waals surface area contributed by atoms with Gasteiger partial charge in [0.1, 0.15) is 0 Å². The van der Waals surface area contributed by atoms with Crippen LogP contribution >= 0.6 is 0 Å². The van der Waals surface area contributed by atoms with E-state index in [-0.39, 0.29) is 11.6 Å². The van der Waals surface area contributed by atoms with E-state index in [9.17, 15) is 22.8 Å². The van der Waals surface area contributed by atoms with Crippen molar-refractivity contribution in [2.24, 2.45) is 5.92 Å². The van der Waals surface area contributed by atoms with E-state index in [2.05, 4.69) is 5.32 Å². The minimum Gasteiger partial charge on any atom is -0.452 e. The van der Waals surface area contributed by atoms with Crippen LogP contribution in [0, 0.1) is 5.92 Å². The maximum absolute atomic E-state index is 12.4. The molecular formula is C15H16F3NO3. The van der Waals surface area contributed by atoms with E-state index in [4.69, 9.17) is 4.74 Å². The molecule has 1 aliphatic rings. The number of carbonyl (C=O) groups is 2. The van der Waals surface area contributed by atoms with Crippen LogP contribution in [0.1, 0.15) is 31.7 Å². The molecule has 0 aromatic heterocycles. The first kappa shape index (κ1) is 16.3. The number of esters is 1. The first-order valence-electron chi connectivity index (χ1n) is 6.96. The lowest BCUT2D eigenvalue weighted by Gasteiger charge is -2.24. The van der Waals surface area contributed by atoms with Gasteiger partial charge in [-0.2, -0.15) is 13.2 Å². The van der Waals surface area contributed by atoms with Gasteiger partial charge in [0.2, 0.25) is 0 Å². The summed E-state index contributed by atoms with van der Waals surface area (Å²) in [5.41, 5.74) is -0.584. The van der Waals surface area contributed by atoms with Crippen LogP contribution in [-0.2, 0) is 20.5 Å². The summed E-state index contributed by atoms with van der Waals surface area (Å²) in [6.45, 7) is 1.43. The lowest BCUT2D eigenvalue weighted by Crippen LogP contribution is -2.34. The molecule has 1 fully saturated rings. The van der Waals surface area contributed by atoms with Gasteiger partial charge in [0, 0.05) is 5.69 Å². The standard InChI is InChI=1S/C15H16F3NO3/c1-9(22-14(21)10-3-2-4-10)13(20)19-12-7-5-11(6-8-12)15(16,17)18/h5-10H,2-4H2,1H3,(H,19,20)/t9-/m1/s1. The number of halogens is 3. The molecule has 1 aromatic carbocycles. The lowest BCUT2D eigenvalue weighted by molar-refractivity contribution is -0.159. The number of alkyl halides is 3. The molecule has 4 nitrogen and oxygen atoms in total. The van der Waals surface area contributed by atoms with Gasteiger partial charge in [-0.05, 0) is 44.0 Å². The van der Waals surface area contributed by atoms with Crippen molar-refractivity contribution in [1.29, 1.82) is 0 Å². The summed E-state index contributed by atoms with van der Waals surface area (Å²) >= 11 is 0. The first-order valence-corrected chi connectivity index (χ1v) is 6.96. The zero-order chi connectivity index (χ0) is 16.3. The second-order valence-corrected chi connectivity index (χ2v) is 5.27. The Labute approximate surface area is 125 Å². The van der Waals surface area contributed by atoms with Crippen molar-refractivity contribution >= 4 is 17.6 Å². The third-order valence-electron chi connectivity index (χ3n) is 3.58. The van der Waals surface area contributed by atoms with E-state index < -0.39 is 29.7 Å². The van der Waals surface area contributed by atoms with Gasteiger partial charge in [-0.25, -0.2) is 0 Å². The second kappa shape index (κ2) is 6.37. The van der Waals surface area contributed by atoms with Crippen molar-refractivity contribution in [3.63, 3.8) is 0 Å². The molecule has 2 rings (SSSR count). The smallest absolute Gasteiger partial charge is 0.416 e. The number of anilines is 1. The maximum atomic E-state index is 12.4. The normalized spacial score (nSPS) is 16.5. The zero-order valence-electron chi connectivity index (χ0n) is 11.9. The van der Waals surface area contributed by atoms with Crippen molar-refractivity contribution in [3.8, 4) is 0 Å². The number of rotatable bonds is 4. The van der Waals surface area contributed by atoms with Gasteiger partial charge >= 0.3 is 12.1 Å². The zero-order valence-corrected chi connectivity index (χ0v) is 11.9. The van der Waals surface area contributed by atoms with Gasteiger partial charge in [0.15, 0.2) is 6.10 Å². The molecule has 0 spiro atoms. The van der Waals surface area contributed by atoms with E-state index in [1.807, 2.05) is 0 Å². The molecule has 0 unspecified atom stereocenters. The lowest BCUT2D eigenvalue weighted by atomic mass is 9.86. The quantitative estimate of drug-likeness (QED) is 0.867. The molecule has 0 bridgehead atoms. The van der Waals surface area contributed by atoms with Crippen molar-refractivity contribution in [2.45, 2.75) is 38.5 Å². The highest BCUT2D eigenvalue weighted by atomic mass is 19.4. The molecule has 1 saturated carbocycles. The number of hydrogen-bond donors (Lipinski definition) is 1. The summed E-state index contributed by atoms with van der Waals surface area (Å²) < 4.78 is 42.3. The summed E-state index contributed by atoms with van der Waals surface area (Å²) in [5.74, 6) is -1.12. The van der Waals surface area contributed by atoms with E-state index in [1.165, 1.54) is 6.92 Å². The van der Waals surface area contributed by atoms with Crippen LogP contribution in [0.2, 0.25) is 0 Å². The number of hydrogen-bond acceptors (Lipinski definition) is 3. The second-order valence-electron chi connectivity index (χ2n) is 5.27. The van der Waals surface area contributed by atoms with Crippen LogP contribution in [0.4, 0.5) is 18.9 Å². The Bertz CT molecular complexity index is 550. The molecular weight excluding hydrogens is 299 g/mol. The molecule has 1 N–H and O–H groups in total. The molecule has 1 amide bonds. The average Bonchev–Trinajstić information content (AvgIpc) is 2.35. The highest BCUT2D eigenvalue weighted by molar-refractivity contribution is 5.95. The Morgan fingerprint density at radius 2 is 1.82 bits per heavy atom. The summed E-state index contributed by atoms with van der Waals surface area (Å²) in [7, 11) is 0. The fraction of sp³-hybridized carbons (Fsp3) is 0.467. The Morgan fingerprint density at radius 1 is 1.23 bits per heavy atom. The molecule has 22 heavy (non-hydrogen) atoms. The van der Waals surface area contributed by atoms with Gasteiger partial charge in [-0.3, -0.25) is 9.59 Å². The number of amides is 1. The third-order valence-corrected chi connectivity index (χ3v) is 3.58. The minimum atomic E-state index is -4.42. The molecule has 1 aliphatic carbocycles. The van der Waals surface area contributed by atoms with Crippen LogP contribution in [0.5, 0.6) is 0 Å². The molecule has 0 aliphatic heterocycles. The largest absolute Gasteiger partial charge is 0.452 e. The van der Waals surface area contributed by atoms with Gasteiger partial charge in [-0.15, -0.1) is 0 Å². The molecule has 1 atom stereocenters. The van der Waals surface area contributed by atoms with E-state index >= 15 is 0 Å². The molecule has 0 heterocycles. The Kier molecular flexibility index (Phi) is 4.73. The SMILES string of the molecule is C[C@@H](OC(=O)C1CCC1)C(=O)Nc1ccc(C(F)(F)F)cc1. The highest BCUT2D eigenvalue weighted by Crippen LogP contribution is 2.30. The first-order chi connectivity index (χ1) is 10.3. The number of carbonyl (C=O) groups excluding carboxylic acids is 2. The van der Waals surface area contributed by atoms with Crippen molar-refractivity contribution in [1.82, 2.24) is 0 Å². The number of nitrogens with one attached hydrogen (secondary N) is 1. The summed E-state index contributed by atoms with van der Waals surface area (Å²) in [6, 6.07) is 4.06. The van der Waals surface area contributed by atoms with E-state index in [0.29, 0.717) is 0 Å². The summed E-state index contributed by atoms with van der Waals surface area (Å²) in [6.07, 6.45) is -2.89. The van der Waals surface area contributed by atoms with Crippen molar-refractivity contribution in [2.75, 3.05) is 5.32 Å². The monoisotopic (exact) mass is 315 g/mol. The van der Waals surface area contributed by atoms with Crippen LogP contribution < -0.4 is 5.32 Å². The minimum absolute atomic E-state index is 0.138. The number of benzene rings is 1. The maximum Gasteiger partial charge on any atom is 0.416 e. The van der Waals surface area contributed by atoms with Gasteiger partial charge < -0.3 is 10.1 Å². The van der Waals surface area contributed by atoms with Gasteiger partial charge in [-0.1, -0.05) is 6.42 Å². The van der Waals surface area contributed by atoms with Gasteiger partial charge in [0.25, 0.3) is 5.91 Å². The van der Waals surface area contributed by atoms with E-state index in [1.54, 1.807) is 0 Å². The topological polar surface area (TPSA) is 55.4 Å².